The number of hydrogen-bond donors (Lipinski definition) is 0. The molecule has 2 aliphatic rings. The molecule has 508 valence electrons. The van der Waals surface area contributed by atoms with Crippen LogP contribution in [0.25, 0.3) is 56.3 Å². The van der Waals surface area contributed by atoms with E-state index >= 15 is 0 Å². The number of benzene rings is 5. The highest BCUT2D eigenvalue weighted by Gasteiger charge is 2.27. The smallest absolute Gasteiger partial charge is 0.201 e. The summed E-state index contributed by atoms with van der Waals surface area (Å²) in [6.07, 6.45) is 16.6. The molecule has 0 spiro atoms. The van der Waals surface area contributed by atoms with E-state index in [2.05, 4.69) is 168 Å². The molecule has 97 heavy (non-hydrogen) atoms. The maximum absolute atomic E-state index is 8.76. The van der Waals surface area contributed by atoms with Gasteiger partial charge in [-0.2, -0.15) is 0 Å². The molecule has 0 amide bonds. The topological polar surface area (TPSA) is 19.4 Å². The number of rotatable bonds is 11. The molecule has 5 aromatic carbocycles. The summed E-state index contributed by atoms with van der Waals surface area (Å²) in [7, 11) is 9.96. The Morgan fingerprint density at radius 1 is 0.423 bits per heavy atom. The molecule has 1 atom stereocenters. The number of hydrogen-bond acceptors (Lipinski definition) is 0. The fourth-order valence-electron chi connectivity index (χ4n) is 13.8. The highest BCUT2D eigenvalue weighted by molar-refractivity contribution is 5.65. The molecule has 1 unspecified atom stereocenters. The van der Waals surface area contributed by atoms with Gasteiger partial charge in [0.1, 0.15) is 35.2 Å². The summed E-state index contributed by atoms with van der Waals surface area (Å²) in [6, 6.07) is 51.8. The Bertz CT molecular complexity index is 4850. The average Bonchev–Trinajstić information content (AvgIpc) is 0.985. The predicted octanol–water partition coefficient (Wildman–Crippen LogP) is 21.4. The van der Waals surface area contributed by atoms with Crippen molar-refractivity contribution in [3.05, 3.63) is 266 Å². The molecule has 12 rings (SSSR count). The summed E-state index contributed by atoms with van der Waals surface area (Å²) in [4.78, 5) is 0. The molecule has 0 aliphatic heterocycles. The van der Waals surface area contributed by atoms with Gasteiger partial charge in [-0.15, -0.1) is 0 Å². The summed E-state index contributed by atoms with van der Waals surface area (Å²) in [5, 5.41) is 0. The largest absolute Gasteiger partial charge is 0.212 e. The number of aromatic nitrogens is 5. The molecule has 5 aromatic heterocycles. The van der Waals surface area contributed by atoms with Gasteiger partial charge in [0.2, 0.25) is 28.5 Å². The van der Waals surface area contributed by atoms with Crippen LogP contribution in [-0.2, 0) is 48.0 Å². The van der Waals surface area contributed by atoms with Crippen LogP contribution in [0.5, 0.6) is 0 Å². The lowest BCUT2D eigenvalue weighted by Crippen LogP contribution is -2.32. The Kier molecular flexibility index (Phi) is 20.6. The molecule has 0 radical (unpaired) electrons. The molecule has 5 nitrogen and oxygen atoms in total. The Hall–Kier alpha value is -8.15. The molecule has 2 aliphatic carbocycles. The van der Waals surface area contributed by atoms with Crippen LogP contribution in [0.3, 0.4) is 0 Å². The second-order valence-electron chi connectivity index (χ2n) is 28.6. The third-order valence-electron chi connectivity index (χ3n) is 19.4. The second kappa shape index (κ2) is 33.9. The van der Waals surface area contributed by atoms with Crippen molar-refractivity contribution in [2.24, 2.45) is 40.7 Å². The van der Waals surface area contributed by atoms with E-state index in [-0.39, 0.29) is 22.9 Å². The van der Waals surface area contributed by atoms with Crippen LogP contribution in [0, 0.1) is 67.7 Å². The zero-order chi connectivity index (χ0) is 80.8. The van der Waals surface area contributed by atoms with E-state index in [9.17, 15) is 0 Å². The molecule has 0 saturated heterocycles. The van der Waals surface area contributed by atoms with Gasteiger partial charge in [0.25, 0.3) is 0 Å². The summed E-state index contributed by atoms with van der Waals surface area (Å²) in [5.41, 5.74) is 26.0. The van der Waals surface area contributed by atoms with Gasteiger partial charge in [-0.1, -0.05) is 172 Å². The Morgan fingerprint density at radius 2 is 0.784 bits per heavy atom. The van der Waals surface area contributed by atoms with Crippen molar-refractivity contribution in [1.29, 1.82) is 0 Å². The standard InChI is InChI=1S/2C19H24N.C19H26N.C18H24N.C17H22N/c2*1-14-8-4-7-11-17(14)19-12-15(2)18(13-20(19)3)16-9-5-6-10-16;1-14-9-7-8-10-17(14)18-11-15(2)16(13-20(18)6)12-19(3,4)5;1-6-15-11-18(16-10-8-7-9-14(16)4)19(5)12-17(15)13(2)3;1-12(2)16-10-17(18(5)11-14(16)4)15-9-7-6-8-13(15)3/h2*4,7-8,11-13,16H,5-6,9-10H2,1-3H3;7-11,13H,12H2,1-6H3;7-13H,6H2,1-5H3;6-12H,1-5H3/q5*+1/i16D;;12D2;2D3,6D2,13D;4D3. The molecule has 10 aromatic rings. The van der Waals surface area contributed by atoms with E-state index in [1.807, 2.05) is 132 Å². The van der Waals surface area contributed by atoms with E-state index in [1.54, 1.807) is 35.6 Å². The lowest BCUT2D eigenvalue weighted by molar-refractivity contribution is -0.661. The Morgan fingerprint density at radius 3 is 1.19 bits per heavy atom. The van der Waals surface area contributed by atoms with Crippen LogP contribution in [0.15, 0.2) is 183 Å². The normalized spacial score (nSPS) is 16.4. The minimum absolute atomic E-state index is 0.171. The summed E-state index contributed by atoms with van der Waals surface area (Å²) in [5.74, 6) is -1.32. The molecule has 5 heterocycles. The van der Waals surface area contributed by atoms with Gasteiger partial charge in [0.05, 0.1) is 0 Å². The predicted molar refractivity (Wildman–Crippen MR) is 411 cm³/mol. The zero-order valence-electron chi connectivity index (χ0n) is 74.4. The van der Waals surface area contributed by atoms with Crippen molar-refractivity contribution in [1.82, 2.24) is 0 Å². The fraction of sp³-hybridized carbons (Fsp3) is 0.402. The van der Waals surface area contributed by atoms with Gasteiger partial charge >= 0.3 is 0 Å². The van der Waals surface area contributed by atoms with E-state index in [0.717, 1.165) is 69.2 Å². The maximum Gasteiger partial charge on any atom is 0.212 e. The van der Waals surface area contributed by atoms with Crippen LogP contribution in [0.1, 0.15) is 230 Å². The first kappa shape index (κ1) is 59.0. The van der Waals surface area contributed by atoms with Crippen molar-refractivity contribution >= 4 is 0 Å². The van der Waals surface area contributed by atoms with E-state index in [0.29, 0.717) is 5.56 Å². The molecular formula is C92H120N5+5. The van der Waals surface area contributed by atoms with Crippen molar-refractivity contribution in [2.75, 3.05) is 0 Å². The average molecular weight is 1310 g/mol. The first-order chi connectivity index (χ1) is 50.7. The van der Waals surface area contributed by atoms with Crippen LogP contribution >= 0.6 is 0 Å². The number of nitrogens with zero attached hydrogens (tertiary/aromatic N) is 5. The Labute approximate surface area is 604 Å². The van der Waals surface area contributed by atoms with Gasteiger partial charge in [-0.25, -0.2) is 22.8 Å². The fourth-order valence-corrected chi connectivity index (χ4v) is 13.8. The number of aryl methyl sites for hydroxylation is 15. The van der Waals surface area contributed by atoms with Crippen LogP contribution < -0.4 is 22.8 Å². The molecular weight excluding hydrogens is 1180 g/mol. The third-order valence-corrected chi connectivity index (χ3v) is 19.4. The van der Waals surface area contributed by atoms with Gasteiger partial charge in [0.15, 0.2) is 31.0 Å². The molecule has 2 fully saturated rings. The molecule has 2 saturated carbocycles. The summed E-state index contributed by atoms with van der Waals surface area (Å²) in [6.45, 7) is 24.9. The minimum atomic E-state index is -2.57. The lowest BCUT2D eigenvalue weighted by atomic mass is 9.87. The first-order valence-corrected chi connectivity index (χ1v) is 35.1. The third kappa shape index (κ3) is 19.2. The van der Waals surface area contributed by atoms with Gasteiger partial charge in [-0.05, 0) is 216 Å². The maximum atomic E-state index is 8.76. The van der Waals surface area contributed by atoms with Crippen molar-refractivity contribution < 1.29 is 39.3 Å². The molecule has 0 bridgehead atoms. The van der Waals surface area contributed by atoms with Crippen LogP contribution in [0.2, 0.25) is 0 Å². The minimum Gasteiger partial charge on any atom is -0.201 e. The number of pyridine rings is 5. The highest BCUT2D eigenvalue weighted by atomic mass is 14.9. The summed E-state index contributed by atoms with van der Waals surface area (Å²) < 4.78 is 107. The second-order valence-corrected chi connectivity index (χ2v) is 28.6. The highest BCUT2D eigenvalue weighted by Crippen LogP contribution is 2.38. The van der Waals surface area contributed by atoms with E-state index in [4.69, 9.17) is 16.4 Å². The summed E-state index contributed by atoms with van der Waals surface area (Å²) >= 11 is 0. The Balaban J connectivity index is 0.000000172. The molecule has 5 heteroatoms. The van der Waals surface area contributed by atoms with Crippen molar-refractivity contribution in [3.63, 3.8) is 0 Å². The van der Waals surface area contributed by atoms with Crippen molar-refractivity contribution in [2.45, 2.75) is 205 Å². The molecule has 0 N–H and O–H groups in total. The monoisotopic (exact) mass is 1310 g/mol. The lowest BCUT2D eigenvalue weighted by Gasteiger charge is -2.19. The quantitative estimate of drug-likeness (QED) is 0.115. The SMILES string of the molecule is Cc1ccccc1-c1cc(C)c(C2CCCC2)c[n+]1C.[2H]C([2H])(C)c1cc(-c2ccccc2C)[n+](C)cc1C([2H])(C)C([2H])([2H])[2H].[2H]C([2H])([2H])c1c[n+](C)c(-c2ccccc2C)cc1C(C)C.[2H]C([2H])(c1c[n+](C)c(-c2ccccc2C)cc1C)C(C)(C)C.[2H]C1(c2c[n+](C)c(-c3ccccc3C)cc2C)CCCC1. The van der Waals surface area contributed by atoms with E-state index in [1.165, 1.54) is 119 Å². The zero-order valence-corrected chi connectivity index (χ0v) is 62.4. The first-order valence-electron chi connectivity index (χ1n) is 41.1. The van der Waals surface area contributed by atoms with Gasteiger partial charge in [0, 0.05) is 102 Å². The van der Waals surface area contributed by atoms with Crippen LogP contribution in [-0.4, -0.2) is 0 Å². The van der Waals surface area contributed by atoms with E-state index < -0.39 is 37.8 Å². The van der Waals surface area contributed by atoms with Crippen molar-refractivity contribution in [3.8, 4) is 56.3 Å². The van der Waals surface area contributed by atoms with Gasteiger partial charge < -0.3 is 0 Å². The van der Waals surface area contributed by atoms with Gasteiger partial charge in [-0.3, -0.25) is 0 Å². The van der Waals surface area contributed by atoms with Crippen LogP contribution in [0.4, 0.5) is 0 Å².